The number of rotatable bonds is 7. The molecule has 1 rings (SSSR count). The smallest absolute Gasteiger partial charge is 0.319 e. The van der Waals surface area contributed by atoms with Crippen LogP contribution >= 0.6 is 0 Å². The Labute approximate surface area is 121 Å². The predicted molar refractivity (Wildman–Crippen MR) is 82.0 cm³/mol. The highest BCUT2D eigenvalue weighted by atomic mass is 16.5. The summed E-state index contributed by atoms with van der Waals surface area (Å²) >= 11 is 0. The highest BCUT2D eigenvalue weighted by molar-refractivity contribution is 5.89. The van der Waals surface area contributed by atoms with Gasteiger partial charge in [0.2, 0.25) is 0 Å². The van der Waals surface area contributed by atoms with Crippen molar-refractivity contribution in [3.05, 3.63) is 29.8 Å². The van der Waals surface area contributed by atoms with Crippen LogP contribution in [0.1, 0.15) is 32.4 Å². The second kappa shape index (κ2) is 8.55. The number of carbonyl (C=O) groups excluding carboxylic acids is 1. The maximum absolute atomic E-state index is 11.7. The molecule has 2 unspecified atom stereocenters. The van der Waals surface area contributed by atoms with Crippen molar-refractivity contribution >= 4 is 11.7 Å². The van der Waals surface area contributed by atoms with Gasteiger partial charge < -0.3 is 20.7 Å². The van der Waals surface area contributed by atoms with E-state index in [-0.39, 0.29) is 12.1 Å². The molecule has 0 saturated carbocycles. The van der Waals surface area contributed by atoms with Gasteiger partial charge in [0.25, 0.3) is 0 Å². The molecule has 5 nitrogen and oxygen atoms in total. The van der Waals surface area contributed by atoms with E-state index < -0.39 is 0 Å². The normalized spacial score (nSPS) is 13.6. The molecule has 0 aliphatic carbocycles. The zero-order chi connectivity index (χ0) is 15.0. The molecule has 1 aromatic rings. The van der Waals surface area contributed by atoms with Crippen LogP contribution in [0.2, 0.25) is 0 Å². The lowest BCUT2D eigenvalue weighted by Crippen LogP contribution is -2.34. The number of amides is 2. The predicted octanol–water partition coefficient (Wildman–Crippen LogP) is 2.51. The van der Waals surface area contributed by atoms with Gasteiger partial charge in [0.1, 0.15) is 0 Å². The van der Waals surface area contributed by atoms with Crippen LogP contribution in [-0.4, -0.2) is 32.3 Å². The first-order chi connectivity index (χ1) is 9.56. The van der Waals surface area contributed by atoms with Crippen molar-refractivity contribution in [1.82, 2.24) is 10.6 Å². The van der Waals surface area contributed by atoms with Crippen LogP contribution in [0.25, 0.3) is 0 Å². The standard InChI is InChI=1S/C15H25N3O2/c1-5-16-12(3)13-6-8-14(9-7-13)18-15(19)17-10-11(2)20-4/h6-9,11-12,16H,5,10H2,1-4H3,(H2,17,18,19). The quantitative estimate of drug-likeness (QED) is 0.718. The van der Waals surface area contributed by atoms with E-state index in [1.54, 1.807) is 7.11 Å². The topological polar surface area (TPSA) is 62.4 Å². The molecule has 0 heterocycles. The summed E-state index contributed by atoms with van der Waals surface area (Å²) in [6, 6.07) is 7.93. The van der Waals surface area contributed by atoms with Crippen molar-refractivity contribution < 1.29 is 9.53 Å². The molecule has 0 aliphatic rings. The van der Waals surface area contributed by atoms with Crippen LogP contribution in [0.5, 0.6) is 0 Å². The van der Waals surface area contributed by atoms with E-state index in [0.29, 0.717) is 12.6 Å². The zero-order valence-corrected chi connectivity index (χ0v) is 12.7. The number of urea groups is 1. The van der Waals surface area contributed by atoms with Gasteiger partial charge in [-0.2, -0.15) is 0 Å². The summed E-state index contributed by atoms with van der Waals surface area (Å²) < 4.78 is 5.07. The van der Waals surface area contributed by atoms with Gasteiger partial charge in [-0.15, -0.1) is 0 Å². The maximum Gasteiger partial charge on any atom is 0.319 e. The van der Waals surface area contributed by atoms with Gasteiger partial charge in [0, 0.05) is 25.4 Å². The number of ether oxygens (including phenoxy) is 1. The molecule has 0 radical (unpaired) electrons. The monoisotopic (exact) mass is 279 g/mol. The summed E-state index contributed by atoms with van der Waals surface area (Å²) in [6.45, 7) is 7.51. The molecule has 112 valence electrons. The average Bonchev–Trinajstić information content (AvgIpc) is 2.45. The second-order valence-electron chi connectivity index (χ2n) is 4.78. The fraction of sp³-hybridized carbons (Fsp3) is 0.533. The highest BCUT2D eigenvalue weighted by Crippen LogP contribution is 2.15. The van der Waals surface area contributed by atoms with Crippen LogP contribution in [-0.2, 0) is 4.74 Å². The minimum absolute atomic E-state index is 0.00379. The lowest BCUT2D eigenvalue weighted by molar-refractivity contribution is 0.119. The summed E-state index contributed by atoms with van der Waals surface area (Å²) in [5.74, 6) is 0. The zero-order valence-electron chi connectivity index (χ0n) is 12.7. The Hall–Kier alpha value is -1.59. The molecule has 20 heavy (non-hydrogen) atoms. The number of hydrogen-bond donors (Lipinski definition) is 3. The van der Waals surface area contributed by atoms with E-state index in [1.807, 2.05) is 31.2 Å². The molecular weight excluding hydrogens is 254 g/mol. The Morgan fingerprint density at radius 3 is 2.45 bits per heavy atom. The molecule has 0 fully saturated rings. The molecule has 2 atom stereocenters. The molecule has 3 N–H and O–H groups in total. The van der Waals surface area contributed by atoms with Crippen molar-refractivity contribution in [3.8, 4) is 0 Å². The minimum atomic E-state index is -0.221. The minimum Gasteiger partial charge on any atom is -0.380 e. The summed E-state index contributed by atoms with van der Waals surface area (Å²) in [4.78, 5) is 11.7. The van der Waals surface area contributed by atoms with Crippen LogP contribution in [0, 0.1) is 0 Å². The number of anilines is 1. The lowest BCUT2D eigenvalue weighted by atomic mass is 10.1. The van der Waals surface area contributed by atoms with Crippen LogP contribution in [0.15, 0.2) is 24.3 Å². The van der Waals surface area contributed by atoms with Crippen LogP contribution in [0.4, 0.5) is 10.5 Å². The first-order valence-electron chi connectivity index (χ1n) is 6.97. The Morgan fingerprint density at radius 1 is 1.25 bits per heavy atom. The first kappa shape index (κ1) is 16.5. The third-order valence-corrected chi connectivity index (χ3v) is 3.13. The highest BCUT2D eigenvalue weighted by Gasteiger charge is 2.06. The van der Waals surface area contributed by atoms with Gasteiger partial charge in [0.15, 0.2) is 0 Å². The molecule has 0 saturated heterocycles. The third-order valence-electron chi connectivity index (χ3n) is 3.13. The summed E-state index contributed by atoms with van der Waals surface area (Å²) in [5.41, 5.74) is 1.98. The molecule has 0 bridgehead atoms. The van der Waals surface area contributed by atoms with E-state index in [2.05, 4.69) is 29.8 Å². The van der Waals surface area contributed by atoms with Crippen molar-refractivity contribution in [2.75, 3.05) is 25.5 Å². The van der Waals surface area contributed by atoms with Crippen molar-refractivity contribution in [2.45, 2.75) is 32.9 Å². The molecule has 5 heteroatoms. The van der Waals surface area contributed by atoms with Gasteiger partial charge >= 0.3 is 6.03 Å². The second-order valence-corrected chi connectivity index (χ2v) is 4.78. The number of nitrogens with one attached hydrogen (secondary N) is 3. The van der Waals surface area contributed by atoms with E-state index >= 15 is 0 Å². The fourth-order valence-electron chi connectivity index (χ4n) is 1.77. The van der Waals surface area contributed by atoms with Gasteiger partial charge in [0.05, 0.1) is 6.10 Å². The third kappa shape index (κ3) is 5.59. The maximum atomic E-state index is 11.7. The number of hydrogen-bond acceptors (Lipinski definition) is 3. The lowest BCUT2D eigenvalue weighted by Gasteiger charge is -2.14. The van der Waals surface area contributed by atoms with Gasteiger partial charge in [-0.1, -0.05) is 19.1 Å². The van der Waals surface area contributed by atoms with Gasteiger partial charge in [-0.3, -0.25) is 0 Å². The van der Waals surface area contributed by atoms with E-state index in [9.17, 15) is 4.79 Å². The summed E-state index contributed by atoms with van der Waals surface area (Å²) in [7, 11) is 1.62. The molecular formula is C15H25N3O2. The molecule has 1 aromatic carbocycles. The summed E-state index contributed by atoms with van der Waals surface area (Å²) in [6.07, 6.45) is 0.00379. The fourth-order valence-corrected chi connectivity index (χ4v) is 1.77. The average molecular weight is 279 g/mol. The Kier molecular flexibility index (Phi) is 7.04. The number of carbonyl (C=O) groups is 1. The Balaban J connectivity index is 2.46. The largest absolute Gasteiger partial charge is 0.380 e. The number of benzene rings is 1. The molecule has 2 amide bonds. The van der Waals surface area contributed by atoms with Crippen molar-refractivity contribution in [3.63, 3.8) is 0 Å². The van der Waals surface area contributed by atoms with Crippen molar-refractivity contribution in [1.29, 1.82) is 0 Å². The van der Waals surface area contributed by atoms with E-state index in [4.69, 9.17) is 4.74 Å². The summed E-state index contributed by atoms with van der Waals surface area (Å²) in [5, 5.41) is 8.89. The van der Waals surface area contributed by atoms with Gasteiger partial charge in [-0.05, 0) is 38.1 Å². The Morgan fingerprint density at radius 2 is 1.90 bits per heavy atom. The SMILES string of the molecule is CCNC(C)c1ccc(NC(=O)NCC(C)OC)cc1. The van der Waals surface area contributed by atoms with Crippen LogP contribution in [0.3, 0.4) is 0 Å². The molecule has 0 aromatic heterocycles. The first-order valence-corrected chi connectivity index (χ1v) is 6.97. The number of methoxy groups -OCH3 is 1. The Bertz CT molecular complexity index is 406. The van der Waals surface area contributed by atoms with E-state index in [0.717, 1.165) is 12.2 Å². The van der Waals surface area contributed by atoms with Crippen molar-refractivity contribution in [2.24, 2.45) is 0 Å². The van der Waals surface area contributed by atoms with Gasteiger partial charge in [-0.25, -0.2) is 4.79 Å². The molecule has 0 spiro atoms. The molecule has 0 aliphatic heterocycles. The van der Waals surface area contributed by atoms with Crippen LogP contribution < -0.4 is 16.0 Å². The van der Waals surface area contributed by atoms with E-state index in [1.165, 1.54) is 5.56 Å².